The number of hydrazone groups is 1. The van der Waals surface area contributed by atoms with Crippen molar-refractivity contribution >= 4 is 57.7 Å². The Hall–Kier alpha value is -4.07. The first kappa shape index (κ1) is 26.5. The quantitative estimate of drug-likeness (QED) is 0.240. The van der Waals surface area contributed by atoms with Gasteiger partial charge in [0.25, 0.3) is 5.91 Å². The van der Waals surface area contributed by atoms with Gasteiger partial charge >= 0.3 is 0 Å². The third-order valence-corrected chi connectivity index (χ3v) is 7.35. The number of anilines is 1. The molecule has 0 radical (unpaired) electrons. The second-order valence-electron chi connectivity index (χ2n) is 9.25. The van der Waals surface area contributed by atoms with Gasteiger partial charge in [-0.05, 0) is 58.8 Å². The highest BCUT2D eigenvalue weighted by Gasteiger charge is 2.22. The summed E-state index contributed by atoms with van der Waals surface area (Å²) in [6.07, 6.45) is 1.88. The number of rotatable bonds is 6. The summed E-state index contributed by atoms with van der Waals surface area (Å²) in [6.45, 7) is 2.86. The second-order valence-corrected chi connectivity index (χ2v) is 10.1. The van der Waals surface area contributed by atoms with E-state index >= 15 is 0 Å². The molecular weight excluding hydrogens is 535 g/mol. The molecule has 4 aromatic rings. The predicted octanol–water partition coefficient (Wildman–Crippen LogP) is 5.51. The smallest absolute Gasteiger partial charge is 0.271 e. The Morgan fingerprint density at radius 3 is 2.33 bits per heavy atom. The van der Waals surface area contributed by atoms with E-state index < -0.39 is 5.91 Å². The van der Waals surface area contributed by atoms with E-state index in [1.807, 2.05) is 65.6 Å². The van der Waals surface area contributed by atoms with Crippen molar-refractivity contribution < 1.29 is 14.7 Å². The fourth-order valence-corrected chi connectivity index (χ4v) is 4.97. The predicted molar refractivity (Wildman–Crippen MR) is 156 cm³/mol. The average Bonchev–Trinajstić information content (AvgIpc) is 2.96. The molecule has 1 saturated heterocycles. The molecule has 9 heteroatoms. The molecule has 1 heterocycles. The highest BCUT2D eigenvalue weighted by molar-refractivity contribution is 6.32. The molecule has 4 aromatic carbocycles. The molecule has 5 rings (SSSR count). The molecule has 0 spiro atoms. The first-order valence-corrected chi connectivity index (χ1v) is 13.3. The fraction of sp³-hybridized carbons (Fsp3) is 0.167. The van der Waals surface area contributed by atoms with Gasteiger partial charge in [0.15, 0.2) is 0 Å². The summed E-state index contributed by atoms with van der Waals surface area (Å²) in [6, 6.07) is 23.6. The number of carbonyl (C=O) groups excluding carboxylic acids is 2. The zero-order chi connectivity index (χ0) is 27.4. The summed E-state index contributed by atoms with van der Waals surface area (Å²) >= 11 is 11.9. The van der Waals surface area contributed by atoms with Crippen molar-refractivity contribution in [1.29, 1.82) is 0 Å². The Morgan fingerprint density at radius 1 is 0.897 bits per heavy atom. The van der Waals surface area contributed by atoms with Crippen molar-refractivity contribution in [3.8, 4) is 5.75 Å². The van der Waals surface area contributed by atoms with E-state index in [-0.39, 0.29) is 22.2 Å². The van der Waals surface area contributed by atoms with E-state index in [0.29, 0.717) is 24.5 Å². The number of halogens is 2. The molecule has 0 unspecified atom stereocenters. The first-order chi connectivity index (χ1) is 18.9. The molecule has 0 bridgehead atoms. The van der Waals surface area contributed by atoms with Crippen LogP contribution in [0.2, 0.25) is 10.0 Å². The number of amides is 2. The normalized spacial score (nSPS) is 13.7. The standard InChI is InChI=1S/C30H26Cl2N4O3/c31-23-8-10-24(11-9-23)35-13-15-36(16-14-35)29(38)18-20-5-6-22(26-4-2-1-3-25(20)26)19-33-34-30(39)21-7-12-28(37)27(32)17-21/h1-12,17,19,37H,13-16,18H2,(H,34,39). The molecule has 0 aromatic heterocycles. The third-order valence-electron chi connectivity index (χ3n) is 6.79. The topological polar surface area (TPSA) is 85.2 Å². The largest absolute Gasteiger partial charge is 0.506 e. The van der Waals surface area contributed by atoms with E-state index in [4.69, 9.17) is 23.2 Å². The van der Waals surface area contributed by atoms with Crippen LogP contribution in [-0.4, -0.2) is 54.2 Å². The fourth-order valence-electron chi connectivity index (χ4n) is 4.67. The minimum absolute atomic E-state index is 0.0891. The lowest BCUT2D eigenvalue weighted by atomic mass is 9.97. The summed E-state index contributed by atoms with van der Waals surface area (Å²) in [4.78, 5) is 29.8. The third kappa shape index (κ3) is 6.16. The number of hydrogen-bond acceptors (Lipinski definition) is 5. The molecule has 0 aliphatic carbocycles. The van der Waals surface area contributed by atoms with Crippen LogP contribution in [0.1, 0.15) is 21.5 Å². The zero-order valence-corrected chi connectivity index (χ0v) is 22.5. The van der Waals surface area contributed by atoms with Crippen LogP contribution in [-0.2, 0) is 11.2 Å². The Balaban J connectivity index is 1.24. The molecule has 1 fully saturated rings. The highest BCUT2D eigenvalue weighted by atomic mass is 35.5. The van der Waals surface area contributed by atoms with E-state index in [0.717, 1.165) is 40.7 Å². The van der Waals surface area contributed by atoms with Crippen molar-refractivity contribution in [3.05, 3.63) is 106 Å². The van der Waals surface area contributed by atoms with Crippen molar-refractivity contribution in [3.63, 3.8) is 0 Å². The van der Waals surface area contributed by atoms with Crippen LogP contribution in [0.4, 0.5) is 5.69 Å². The lowest BCUT2D eigenvalue weighted by molar-refractivity contribution is -0.130. The number of nitrogens with zero attached hydrogens (tertiary/aromatic N) is 3. The molecule has 7 nitrogen and oxygen atoms in total. The van der Waals surface area contributed by atoms with Crippen molar-refractivity contribution in [2.75, 3.05) is 31.1 Å². The minimum Gasteiger partial charge on any atom is -0.506 e. The Morgan fingerprint density at radius 2 is 1.62 bits per heavy atom. The maximum absolute atomic E-state index is 13.2. The van der Waals surface area contributed by atoms with Gasteiger partial charge in [-0.15, -0.1) is 0 Å². The lowest BCUT2D eigenvalue weighted by Gasteiger charge is -2.36. The summed E-state index contributed by atoms with van der Waals surface area (Å²) in [7, 11) is 0. The van der Waals surface area contributed by atoms with Crippen LogP contribution in [0.3, 0.4) is 0 Å². The van der Waals surface area contributed by atoms with Crippen molar-refractivity contribution in [1.82, 2.24) is 10.3 Å². The molecule has 0 saturated carbocycles. The molecule has 39 heavy (non-hydrogen) atoms. The van der Waals surface area contributed by atoms with Gasteiger partial charge in [-0.25, -0.2) is 5.43 Å². The Bertz CT molecular complexity index is 1550. The number of piperazine rings is 1. The number of aromatic hydroxyl groups is 1. The number of carbonyl (C=O) groups is 2. The molecule has 2 N–H and O–H groups in total. The number of fused-ring (bicyclic) bond motifs is 1. The highest BCUT2D eigenvalue weighted by Crippen LogP contribution is 2.25. The van der Waals surface area contributed by atoms with Gasteiger partial charge < -0.3 is 14.9 Å². The second kappa shape index (κ2) is 11.8. The van der Waals surface area contributed by atoms with E-state index in [1.54, 1.807) is 6.21 Å². The molecular formula is C30H26Cl2N4O3. The van der Waals surface area contributed by atoms with Gasteiger partial charge in [0, 0.05) is 48.0 Å². The van der Waals surface area contributed by atoms with Crippen LogP contribution < -0.4 is 10.3 Å². The summed E-state index contributed by atoms with van der Waals surface area (Å²) in [5.41, 5.74) is 5.62. The average molecular weight is 561 g/mol. The van der Waals surface area contributed by atoms with Gasteiger partial charge in [-0.3, -0.25) is 9.59 Å². The number of phenols is 1. The van der Waals surface area contributed by atoms with Crippen LogP contribution in [0.5, 0.6) is 5.75 Å². The number of nitrogens with one attached hydrogen (secondary N) is 1. The van der Waals surface area contributed by atoms with E-state index in [1.165, 1.54) is 18.2 Å². The van der Waals surface area contributed by atoms with Gasteiger partial charge in [0.1, 0.15) is 5.75 Å². The monoisotopic (exact) mass is 560 g/mol. The Kier molecular flexibility index (Phi) is 8.00. The maximum Gasteiger partial charge on any atom is 0.271 e. The molecule has 198 valence electrons. The van der Waals surface area contributed by atoms with Gasteiger partial charge in [0.05, 0.1) is 17.7 Å². The summed E-state index contributed by atoms with van der Waals surface area (Å²) < 4.78 is 0. The molecule has 2 amide bonds. The summed E-state index contributed by atoms with van der Waals surface area (Å²) in [5.74, 6) is -0.449. The Labute approximate surface area is 236 Å². The van der Waals surface area contributed by atoms with Gasteiger partial charge in [-0.2, -0.15) is 5.10 Å². The number of phenolic OH excluding ortho intramolecular Hbond substituents is 1. The lowest BCUT2D eigenvalue weighted by Crippen LogP contribution is -2.49. The minimum atomic E-state index is -0.448. The summed E-state index contributed by atoms with van der Waals surface area (Å²) in [5, 5.41) is 16.3. The van der Waals surface area contributed by atoms with Crippen LogP contribution in [0.25, 0.3) is 10.8 Å². The van der Waals surface area contributed by atoms with Crippen LogP contribution >= 0.6 is 23.2 Å². The SMILES string of the molecule is O=C(NN=Cc1ccc(CC(=O)N2CCN(c3ccc(Cl)cc3)CC2)c2ccccc12)c1ccc(O)c(Cl)c1. The van der Waals surface area contributed by atoms with Gasteiger partial charge in [0.2, 0.25) is 5.91 Å². The molecule has 0 atom stereocenters. The number of benzene rings is 4. The maximum atomic E-state index is 13.2. The van der Waals surface area contributed by atoms with Crippen LogP contribution in [0.15, 0.2) is 84.0 Å². The van der Waals surface area contributed by atoms with E-state index in [2.05, 4.69) is 15.4 Å². The molecule has 1 aliphatic heterocycles. The van der Waals surface area contributed by atoms with Gasteiger partial charge in [-0.1, -0.05) is 59.6 Å². The molecule has 1 aliphatic rings. The zero-order valence-electron chi connectivity index (χ0n) is 21.0. The first-order valence-electron chi connectivity index (χ1n) is 12.5. The van der Waals surface area contributed by atoms with E-state index in [9.17, 15) is 14.7 Å². The van der Waals surface area contributed by atoms with Crippen molar-refractivity contribution in [2.24, 2.45) is 5.10 Å². The number of hydrogen-bond donors (Lipinski definition) is 2. The van der Waals surface area contributed by atoms with Crippen molar-refractivity contribution in [2.45, 2.75) is 6.42 Å². The van der Waals surface area contributed by atoms with Crippen LogP contribution in [0, 0.1) is 0 Å².